The fraction of sp³-hybridized carbons (Fsp3) is 0.615. The Kier molecular flexibility index (Phi) is 3.31. The van der Waals surface area contributed by atoms with Crippen LogP contribution in [0.3, 0.4) is 0 Å². The zero-order valence-electron chi connectivity index (χ0n) is 11.2. The van der Waals surface area contributed by atoms with Gasteiger partial charge in [-0.25, -0.2) is 4.98 Å². The summed E-state index contributed by atoms with van der Waals surface area (Å²) in [5, 5.41) is 0.264. The van der Waals surface area contributed by atoms with Crippen LogP contribution < -0.4 is 4.90 Å². The van der Waals surface area contributed by atoms with Crippen molar-refractivity contribution >= 4 is 28.6 Å². The first-order valence-electron chi connectivity index (χ1n) is 6.76. The number of anilines is 1. The SMILES string of the molecule is CC(C)C1CCN(c2nc(Cl)nc3nc[nH]c23)CC1. The number of aromatic amines is 1. The normalized spacial score (nSPS) is 17.6. The van der Waals surface area contributed by atoms with E-state index in [1.54, 1.807) is 6.33 Å². The van der Waals surface area contributed by atoms with Gasteiger partial charge >= 0.3 is 0 Å². The molecule has 1 fully saturated rings. The van der Waals surface area contributed by atoms with E-state index in [0.29, 0.717) is 5.65 Å². The summed E-state index contributed by atoms with van der Waals surface area (Å²) in [7, 11) is 0. The van der Waals surface area contributed by atoms with Crippen molar-refractivity contribution in [3.63, 3.8) is 0 Å². The lowest BCUT2D eigenvalue weighted by Crippen LogP contribution is -2.36. The molecule has 1 aliphatic rings. The zero-order valence-corrected chi connectivity index (χ0v) is 12.0. The molecule has 19 heavy (non-hydrogen) atoms. The van der Waals surface area contributed by atoms with Gasteiger partial charge in [0.15, 0.2) is 11.5 Å². The van der Waals surface area contributed by atoms with Crippen LogP contribution in [0.1, 0.15) is 26.7 Å². The minimum atomic E-state index is 0.264. The molecule has 0 saturated carbocycles. The Morgan fingerprint density at radius 2 is 2.05 bits per heavy atom. The van der Waals surface area contributed by atoms with E-state index in [2.05, 4.69) is 38.7 Å². The fourth-order valence-electron chi connectivity index (χ4n) is 2.80. The first-order chi connectivity index (χ1) is 9.15. The lowest BCUT2D eigenvalue weighted by atomic mass is 9.87. The Balaban J connectivity index is 1.87. The Morgan fingerprint density at radius 1 is 1.32 bits per heavy atom. The number of piperidine rings is 1. The summed E-state index contributed by atoms with van der Waals surface area (Å²) in [4.78, 5) is 18.1. The molecule has 5 nitrogen and oxygen atoms in total. The summed E-state index contributed by atoms with van der Waals surface area (Å²) in [5.41, 5.74) is 1.52. The van der Waals surface area contributed by atoms with Gasteiger partial charge < -0.3 is 9.88 Å². The van der Waals surface area contributed by atoms with Crippen LogP contribution >= 0.6 is 11.6 Å². The van der Waals surface area contributed by atoms with Gasteiger partial charge in [0.1, 0.15) is 5.52 Å². The molecule has 0 aliphatic carbocycles. The third-order valence-corrected chi connectivity index (χ3v) is 4.19. The van der Waals surface area contributed by atoms with Crippen molar-refractivity contribution in [2.24, 2.45) is 11.8 Å². The van der Waals surface area contributed by atoms with Crippen molar-refractivity contribution in [1.82, 2.24) is 19.9 Å². The maximum atomic E-state index is 5.98. The average Bonchev–Trinajstić information content (AvgIpc) is 2.85. The predicted octanol–water partition coefficient (Wildman–Crippen LogP) is 2.88. The highest BCUT2D eigenvalue weighted by Gasteiger charge is 2.24. The average molecular weight is 280 g/mol. The lowest BCUT2D eigenvalue weighted by molar-refractivity contribution is 0.311. The number of imidazole rings is 1. The third kappa shape index (κ3) is 2.39. The van der Waals surface area contributed by atoms with E-state index in [4.69, 9.17) is 11.6 Å². The molecule has 1 N–H and O–H groups in total. The van der Waals surface area contributed by atoms with Gasteiger partial charge in [0, 0.05) is 13.1 Å². The van der Waals surface area contributed by atoms with E-state index in [1.807, 2.05) is 0 Å². The molecule has 1 aliphatic heterocycles. The van der Waals surface area contributed by atoms with Crippen molar-refractivity contribution in [3.05, 3.63) is 11.6 Å². The number of rotatable bonds is 2. The number of fused-ring (bicyclic) bond motifs is 1. The van der Waals surface area contributed by atoms with E-state index in [1.165, 1.54) is 12.8 Å². The van der Waals surface area contributed by atoms with Crippen molar-refractivity contribution < 1.29 is 0 Å². The molecule has 2 aromatic rings. The summed E-state index contributed by atoms with van der Waals surface area (Å²) >= 11 is 5.98. The number of hydrogen-bond acceptors (Lipinski definition) is 4. The van der Waals surface area contributed by atoms with Gasteiger partial charge in [-0.2, -0.15) is 9.97 Å². The third-order valence-electron chi connectivity index (χ3n) is 4.02. The molecule has 0 atom stereocenters. The van der Waals surface area contributed by atoms with Crippen molar-refractivity contribution in [1.29, 1.82) is 0 Å². The van der Waals surface area contributed by atoms with Crippen LogP contribution in [0.15, 0.2) is 6.33 Å². The Bertz CT molecular complexity index is 571. The molecular weight excluding hydrogens is 262 g/mol. The summed E-state index contributed by atoms with van der Waals surface area (Å²) in [6.07, 6.45) is 4.05. The number of aromatic nitrogens is 4. The van der Waals surface area contributed by atoms with Crippen molar-refractivity contribution in [3.8, 4) is 0 Å². The molecule has 102 valence electrons. The standard InChI is InChI=1S/C13H18ClN5/c1-8(2)9-3-5-19(6-4-9)12-10-11(16-7-15-10)17-13(14)18-12/h7-9H,3-6H2,1-2H3,(H,15,16,17,18). The number of hydrogen-bond donors (Lipinski definition) is 1. The molecule has 1 saturated heterocycles. The summed E-state index contributed by atoms with van der Waals surface area (Å²) in [6.45, 7) is 6.64. The highest BCUT2D eigenvalue weighted by molar-refractivity contribution is 6.28. The highest BCUT2D eigenvalue weighted by Crippen LogP contribution is 2.30. The van der Waals surface area contributed by atoms with Crippen molar-refractivity contribution in [2.45, 2.75) is 26.7 Å². The van der Waals surface area contributed by atoms with Crippen LogP contribution in [0.4, 0.5) is 5.82 Å². The molecule has 0 spiro atoms. The molecule has 6 heteroatoms. The van der Waals surface area contributed by atoms with E-state index in [9.17, 15) is 0 Å². The number of halogens is 1. The van der Waals surface area contributed by atoms with Crippen LogP contribution in [0.2, 0.25) is 5.28 Å². The van der Waals surface area contributed by atoms with Gasteiger partial charge in [-0.05, 0) is 36.3 Å². The minimum absolute atomic E-state index is 0.264. The van der Waals surface area contributed by atoms with Crippen LogP contribution in [0.25, 0.3) is 11.2 Å². The number of H-pyrrole nitrogens is 1. The minimum Gasteiger partial charge on any atom is -0.355 e. The highest BCUT2D eigenvalue weighted by atomic mass is 35.5. The smallest absolute Gasteiger partial charge is 0.226 e. The van der Waals surface area contributed by atoms with E-state index in [0.717, 1.165) is 36.3 Å². The summed E-state index contributed by atoms with van der Waals surface area (Å²) < 4.78 is 0. The molecule has 0 unspecified atom stereocenters. The number of nitrogens with zero attached hydrogens (tertiary/aromatic N) is 4. The van der Waals surface area contributed by atoms with Gasteiger partial charge in [0.2, 0.25) is 5.28 Å². The monoisotopic (exact) mass is 279 g/mol. The van der Waals surface area contributed by atoms with E-state index < -0.39 is 0 Å². The van der Waals surface area contributed by atoms with Crippen molar-refractivity contribution in [2.75, 3.05) is 18.0 Å². The Hall–Kier alpha value is -1.36. The topological polar surface area (TPSA) is 57.7 Å². The molecule has 2 aromatic heterocycles. The molecular formula is C13H18ClN5. The Morgan fingerprint density at radius 3 is 2.74 bits per heavy atom. The Labute approximate surface area is 117 Å². The molecule has 3 rings (SSSR count). The number of nitrogens with one attached hydrogen (secondary N) is 1. The largest absolute Gasteiger partial charge is 0.355 e. The summed E-state index contributed by atoms with van der Waals surface area (Å²) in [6, 6.07) is 0. The van der Waals surface area contributed by atoms with Crippen LogP contribution in [0, 0.1) is 11.8 Å². The van der Waals surface area contributed by atoms with E-state index in [-0.39, 0.29) is 5.28 Å². The second kappa shape index (κ2) is 4.96. The molecule has 3 heterocycles. The van der Waals surface area contributed by atoms with E-state index >= 15 is 0 Å². The summed E-state index contributed by atoms with van der Waals surface area (Å²) in [5.74, 6) is 2.45. The quantitative estimate of drug-likeness (QED) is 0.859. The molecule has 0 radical (unpaired) electrons. The van der Waals surface area contributed by atoms with Gasteiger partial charge in [0.25, 0.3) is 0 Å². The van der Waals surface area contributed by atoms with Gasteiger partial charge in [-0.1, -0.05) is 13.8 Å². The molecule has 0 bridgehead atoms. The van der Waals surface area contributed by atoms with Gasteiger partial charge in [0.05, 0.1) is 6.33 Å². The second-order valence-electron chi connectivity index (χ2n) is 5.49. The second-order valence-corrected chi connectivity index (χ2v) is 5.82. The molecule has 0 amide bonds. The van der Waals surface area contributed by atoms with Gasteiger partial charge in [-0.3, -0.25) is 0 Å². The predicted molar refractivity (Wildman–Crippen MR) is 76.5 cm³/mol. The maximum Gasteiger partial charge on any atom is 0.226 e. The fourth-order valence-corrected chi connectivity index (χ4v) is 2.96. The first-order valence-corrected chi connectivity index (χ1v) is 7.14. The zero-order chi connectivity index (χ0) is 13.4. The van der Waals surface area contributed by atoms with Crippen LogP contribution in [-0.4, -0.2) is 33.0 Å². The maximum absolute atomic E-state index is 5.98. The van der Waals surface area contributed by atoms with Gasteiger partial charge in [-0.15, -0.1) is 0 Å². The molecule has 0 aromatic carbocycles. The van der Waals surface area contributed by atoms with Crippen LogP contribution in [0.5, 0.6) is 0 Å². The lowest BCUT2D eigenvalue weighted by Gasteiger charge is -2.34. The first kappa shape index (κ1) is 12.7. The van der Waals surface area contributed by atoms with Crippen LogP contribution in [-0.2, 0) is 0 Å².